The number of hydrogen-bond donors (Lipinski definition) is 1. The number of hydrogen-bond acceptors (Lipinski definition) is 5. The van der Waals surface area contributed by atoms with Gasteiger partial charge in [-0.05, 0) is 19.5 Å². The van der Waals surface area contributed by atoms with Gasteiger partial charge in [-0.15, -0.1) is 0 Å². The van der Waals surface area contributed by atoms with E-state index in [1.807, 2.05) is 0 Å². The second-order valence-corrected chi connectivity index (χ2v) is 4.91. The Balaban J connectivity index is 1.97. The molecule has 0 aliphatic carbocycles. The van der Waals surface area contributed by atoms with E-state index in [1.165, 1.54) is 6.42 Å². The van der Waals surface area contributed by atoms with Gasteiger partial charge in [0, 0.05) is 18.5 Å². The highest BCUT2D eigenvalue weighted by atomic mass is 16.5. The first-order valence-corrected chi connectivity index (χ1v) is 6.48. The average Bonchev–Trinajstić information content (AvgIpc) is 2.96. The Morgan fingerprint density at radius 3 is 2.88 bits per heavy atom. The molecule has 1 atom stereocenters. The first-order valence-electron chi connectivity index (χ1n) is 6.48. The molecule has 0 aromatic carbocycles. The van der Waals surface area contributed by atoms with E-state index in [2.05, 4.69) is 41.1 Å². The van der Waals surface area contributed by atoms with Crippen molar-refractivity contribution in [2.75, 3.05) is 19.6 Å². The van der Waals surface area contributed by atoms with E-state index in [4.69, 9.17) is 4.52 Å². The number of nitrogens with zero attached hydrogens (tertiary/aromatic N) is 3. The first-order chi connectivity index (χ1) is 8.20. The van der Waals surface area contributed by atoms with Crippen molar-refractivity contribution in [2.45, 2.75) is 45.7 Å². The highest BCUT2D eigenvalue weighted by Gasteiger charge is 2.22. The maximum atomic E-state index is 5.23. The van der Waals surface area contributed by atoms with Gasteiger partial charge in [0.15, 0.2) is 5.82 Å². The molecule has 0 saturated carbocycles. The Morgan fingerprint density at radius 2 is 2.35 bits per heavy atom. The van der Waals surface area contributed by atoms with Crippen molar-refractivity contribution in [2.24, 2.45) is 0 Å². The van der Waals surface area contributed by atoms with Gasteiger partial charge in [0.1, 0.15) is 0 Å². The molecule has 1 aromatic rings. The van der Waals surface area contributed by atoms with Gasteiger partial charge in [-0.25, -0.2) is 0 Å². The van der Waals surface area contributed by atoms with Crippen LogP contribution in [0.5, 0.6) is 0 Å². The van der Waals surface area contributed by atoms with Crippen LogP contribution >= 0.6 is 0 Å². The smallest absolute Gasteiger partial charge is 0.229 e. The molecule has 1 saturated heterocycles. The molecule has 0 bridgehead atoms. The van der Waals surface area contributed by atoms with Gasteiger partial charge in [0.2, 0.25) is 5.89 Å². The number of nitrogens with one attached hydrogen (secondary N) is 1. The molecule has 1 aromatic heterocycles. The van der Waals surface area contributed by atoms with Gasteiger partial charge >= 0.3 is 0 Å². The van der Waals surface area contributed by atoms with Gasteiger partial charge in [-0.1, -0.05) is 25.9 Å². The fourth-order valence-corrected chi connectivity index (χ4v) is 2.20. The van der Waals surface area contributed by atoms with Crippen molar-refractivity contribution < 1.29 is 4.52 Å². The van der Waals surface area contributed by atoms with Gasteiger partial charge in [-0.3, -0.25) is 4.90 Å². The number of rotatable bonds is 5. The molecule has 1 unspecified atom stereocenters. The van der Waals surface area contributed by atoms with Crippen LogP contribution in [0.15, 0.2) is 4.52 Å². The van der Waals surface area contributed by atoms with Gasteiger partial charge in [0.05, 0.1) is 6.54 Å². The summed E-state index contributed by atoms with van der Waals surface area (Å²) in [6.07, 6.45) is 1.21. The zero-order valence-electron chi connectivity index (χ0n) is 10.9. The Bertz CT molecular complexity index is 344. The number of aromatic nitrogens is 2. The largest absolute Gasteiger partial charge is 0.339 e. The molecule has 1 aliphatic heterocycles. The monoisotopic (exact) mass is 238 g/mol. The standard InChI is InChI=1S/C12H22N4O/c1-4-16(10-5-6-13-7-10)8-11-14-12(9(2)3)17-15-11/h9-10,13H,4-8H2,1-3H3. The maximum Gasteiger partial charge on any atom is 0.229 e. The Hall–Kier alpha value is -0.940. The van der Waals surface area contributed by atoms with Crippen LogP contribution < -0.4 is 5.32 Å². The van der Waals surface area contributed by atoms with E-state index >= 15 is 0 Å². The highest BCUT2D eigenvalue weighted by molar-refractivity contribution is 4.92. The zero-order chi connectivity index (χ0) is 12.3. The highest BCUT2D eigenvalue weighted by Crippen LogP contribution is 2.14. The lowest BCUT2D eigenvalue weighted by atomic mass is 10.2. The van der Waals surface area contributed by atoms with Gasteiger partial charge in [0.25, 0.3) is 0 Å². The fraction of sp³-hybridized carbons (Fsp3) is 0.833. The minimum Gasteiger partial charge on any atom is -0.339 e. The summed E-state index contributed by atoms with van der Waals surface area (Å²) in [5, 5.41) is 7.44. The van der Waals surface area contributed by atoms with E-state index in [0.29, 0.717) is 12.0 Å². The predicted octanol–water partition coefficient (Wildman–Crippen LogP) is 1.38. The first kappa shape index (κ1) is 12.5. The second-order valence-electron chi connectivity index (χ2n) is 4.91. The summed E-state index contributed by atoms with van der Waals surface area (Å²) in [7, 11) is 0. The molecule has 2 heterocycles. The van der Waals surface area contributed by atoms with E-state index in [0.717, 1.165) is 37.9 Å². The van der Waals surface area contributed by atoms with Crippen molar-refractivity contribution in [1.29, 1.82) is 0 Å². The SMILES string of the molecule is CCN(Cc1noc(C(C)C)n1)C1CCNC1. The summed E-state index contributed by atoms with van der Waals surface area (Å²) >= 11 is 0. The lowest BCUT2D eigenvalue weighted by molar-refractivity contribution is 0.202. The van der Waals surface area contributed by atoms with Crippen molar-refractivity contribution in [3.05, 3.63) is 11.7 Å². The van der Waals surface area contributed by atoms with Gasteiger partial charge in [-0.2, -0.15) is 4.98 Å². The van der Waals surface area contributed by atoms with Crippen LogP contribution in [-0.4, -0.2) is 40.7 Å². The summed E-state index contributed by atoms with van der Waals surface area (Å²) in [5.41, 5.74) is 0. The van der Waals surface area contributed by atoms with Gasteiger partial charge < -0.3 is 9.84 Å². The maximum absolute atomic E-state index is 5.23. The molecule has 1 N–H and O–H groups in total. The van der Waals surface area contributed by atoms with Crippen LogP contribution in [0, 0.1) is 0 Å². The van der Waals surface area contributed by atoms with Crippen LogP contribution in [0.1, 0.15) is 44.8 Å². The molecule has 0 amide bonds. The quantitative estimate of drug-likeness (QED) is 0.840. The summed E-state index contributed by atoms with van der Waals surface area (Å²) in [5.74, 6) is 1.85. The number of likely N-dealkylation sites (N-methyl/N-ethyl adjacent to an activating group) is 1. The molecule has 0 radical (unpaired) electrons. The van der Waals surface area contributed by atoms with E-state index in [-0.39, 0.29) is 0 Å². The zero-order valence-corrected chi connectivity index (χ0v) is 10.9. The van der Waals surface area contributed by atoms with Crippen molar-refractivity contribution >= 4 is 0 Å². The molecule has 5 nitrogen and oxygen atoms in total. The molecule has 2 rings (SSSR count). The summed E-state index contributed by atoms with van der Waals surface area (Å²) in [6.45, 7) is 10.3. The third-order valence-electron chi connectivity index (χ3n) is 3.28. The third kappa shape index (κ3) is 3.04. The average molecular weight is 238 g/mol. The van der Waals surface area contributed by atoms with E-state index in [9.17, 15) is 0 Å². The van der Waals surface area contributed by atoms with Crippen molar-refractivity contribution in [3.8, 4) is 0 Å². The molecular formula is C12H22N4O. The van der Waals surface area contributed by atoms with Crippen LogP contribution in [0.4, 0.5) is 0 Å². The predicted molar refractivity (Wildman–Crippen MR) is 65.7 cm³/mol. The van der Waals surface area contributed by atoms with E-state index in [1.54, 1.807) is 0 Å². The molecular weight excluding hydrogens is 216 g/mol. The molecule has 17 heavy (non-hydrogen) atoms. The summed E-state index contributed by atoms with van der Waals surface area (Å²) < 4.78 is 5.23. The lowest BCUT2D eigenvalue weighted by Gasteiger charge is -2.25. The molecule has 96 valence electrons. The summed E-state index contributed by atoms with van der Waals surface area (Å²) in [4.78, 5) is 6.84. The van der Waals surface area contributed by atoms with Crippen molar-refractivity contribution in [3.63, 3.8) is 0 Å². The third-order valence-corrected chi connectivity index (χ3v) is 3.28. The fourth-order valence-electron chi connectivity index (χ4n) is 2.20. The minimum absolute atomic E-state index is 0.305. The topological polar surface area (TPSA) is 54.2 Å². The molecule has 1 fully saturated rings. The van der Waals surface area contributed by atoms with Crippen LogP contribution in [-0.2, 0) is 6.54 Å². The Labute approximate surface area is 103 Å². The van der Waals surface area contributed by atoms with E-state index < -0.39 is 0 Å². The van der Waals surface area contributed by atoms with Crippen molar-refractivity contribution in [1.82, 2.24) is 20.4 Å². The lowest BCUT2D eigenvalue weighted by Crippen LogP contribution is -2.36. The Morgan fingerprint density at radius 1 is 1.53 bits per heavy atom. The normalized spacial score (nSPS) is 20.6. The molecule has 5 heteroatoms. The molecule has 0 spiro atoms. The minimum atomic E-state index is 0.305. The Kier molecular flexibility index (Phi) is 4.12. The van der Waals surface area contributed by atoms with Crippen LogP contribution in [0.25, 0.3) is 0 Å². The van der Waals surface area contributed by atoms with Crippen LogP contribution in [0.2, 0.25) is 0 Å². The summed E-state index contributed by atoms with van der Waals surface area (Å²) in [6, 6.07) is 0.612. The van der Waals surface area contributed by atoms with Crippen LogP contribution in [0.3, 0.4) is 0 Å². The second kappa shape index (κ2) is 5.60. The molecule has 1 aliphatic rings.